The summed E-state index contributed by atoms with van der Waals surface area (Å²) >= 11 is 0. The first kappa shape index (κ1) is 14.7. The Hall–Kier alpha value is -2.69. The van der Waals surface area contributed by atoms with E-state index in [0.29, 0.717) is 0 Å². The molecule has 0 atom stereocenters. The summed E-state index contributed by atoms with van der Waals surface area (Å²) in [6.07, 6.45) is 3.67. The van der Waals surface area contributed by atoms with Crippen LogP contribution in [0.5, 0.6) is 5.75 Å². The molecule has 0 saturated carbocycles. The zero-order valence-electron chi connectivity index (χ0n) is 12.1. The lowest BCUT2D eigenvalue weighted by Gasteiger charge is -2.03. The van der Waals surface area contributed by atoms with Crippen molar-refractivity contribution in [2.24, 2.45) is 5.10 Å². The van der Waals surface area contributed by atoms with Gasteiger partial charge in [0.15, 0.2) is 12.4 Å². The van der Waals surface area contributed by atoms with Crippen LogP contribution in [0.25, 0.3) is 0 Å². The van der Waals surface area contributed by atoms with Gasteiger partial charge in [-0.05, 0) is 36.8 Å². The maximum atomic E-state index is 11.8. The molecule has 0 aliphatic heterocycles. The van der Waals surface area contributed by atoms with Crippen LogP contribution in [0, 0.1) is 0 Å². The molecule has 1 aromatic carbocycles. The second kappa shape index (κ2) is 7.19. The maximum absolute atomic E-state index is 11.8. The molecule has 21 heavy (non-hydrogen) atoms. The molecule has 2 rings (SSSR count). The van der Waals surface area contributed by atoms with Gasteiger partial charge in [0, 0.05) is 12.1 Å². The lowest BCUT2D eigenvalue weighted by atomic mass is 10.1. The molecule has 1 aromatic heterocycles. The van der Waals surface area contributed by atoms with Gasteiger partial charge in [0.25, 0.3) is 0 Å². The van der Waals surface area contributed by atoms with Crippen LogP contribution < -0.4 is 14.7 Å². The molecule has 1 N–H and O–H groups in total. The first-order valence-corrected chi connectivity index (χ1v) is 6.60. The number of amides is 1. The van der Waals surface area contributed by atoms with E-state index in [0.717, 1.165) is 17.0 Å². The zero-order valence-corrected chi connectivity index (χ0v) is 12.1. The highest BCUT2D eigenvalue weighted by Gasteiger charge is 2.07. The number of nitrogens with one attached hydrogen (secondary N) is 1. The third-order valence-corrected chi connectivity index (χ3v) is 2.96. The average molecular weight is 284 g/mol. The average Bonchev–Trinajstić information content (AvgIpc) is 2.53. The quantitative estimate of drug-likeness (QED) is 0.514. The molecule has 0 unspecified atom stereocenters. The number of pyridine rings is 1. The van der Waals surface area contributed by atoms with Crippen molar-refractivity contribution in [2.75, 3.05) is 7.11 Å². The Morgan fingerprint density at radius 1 is 1.19 bits per heavy atom. The van der Waals surface area contributed by atoms with Crippen molar-refractivity contribution in [3.05, 3.63) is 60.4 Å². The monoisotopic (exact) mass is 284 g/mol. The van der Waals surface area contributed by atoms with Gasteiger partial charge in [0.05, 0.1) is 12.8 Å². The van der Waals surface area contributed by atoms with Gasteiger partial charge < -0.3 is 4.74 Å². The molecule has 0 aliphatic carbocycles. The van der Waals surface area contributed by atoms with Gasteiger partial charge in [0.2, 0.25) is 6.54 Å². The summed E-state index contributed by atoms with van der Waals surface area (Å²) in [6, 6.07) is 13.2. The summed E-state index contributed by atoms with van der Waals surface area (Å²) < 4.78 is 6.89. The van der Waals surface area contributed by atoms with Crippen LogP contribution >= 0.6 is 0 Å². The Balaban J connectivity index is 1.94. The van der Waals surface area contributed by atoms with Crippen LogP contribution in [0.3, 0.4) is 0 Å². The lowest BCUT2D eigenvalue weighted by molar-refractivity contribution is -0.684. The molecule has 5 heteroatoms. The predicted octanol–water partition coefficient (Wildman–Crippen LogP) is 1.52. The second-order valence-electron chi connectivity index (χ2n) is 4.51. The molecule has 0 fully saturated rings. The van der Waals surface area contributed by atoms with Gasteiger partial charge in [-0.1, -0.05) is 6.07 Å². The normalized spacial score (nSPS) is 11.0. The number of ether oxygens (including phenoxy) is 1. The highest BCUT2D eigenvalue weighted by Crippen LogP contribution is 2.11. The van der Waals surface area contributed by atoms with Gasteiger partial charge >= 0.3 is 5.91 Å². The van der Waals surface area contributed by atoms with Crippen LogP contribution in [0.4, 0.5) is 0 Å². The number of aromatic nitrogens is 1. The van der Waals surface area contributed by atoms with Gasteiger partial charge in [-0.2, -0.15) is 9.67 Å². The maximum Gasteiger partial charge on any atom is 0.305 e. The van der Waals surface area contributed by atoms with E-state index in [2.05, 4.69) is 10.5 Å². The van der Waals surface area contributed by atoms with Crippen LogP contribution in [0.2, 0.25) is 0 Å². The third kappa shape index (κ3) is 4.42. The Kier molecular flexibility index (Phi) is 5.04. The van der Waals surface area contributed by atoms with Gasteiger partial charge in [0.1, 0.15) is 5.75 Å². The number of methoxy groups -OCH3 is 1. The number of nitrogens with zero attached hydrogens (tertiary/aromatic N) is 2. The van der Waals surface area contributed by atoms with Crippen LogP contribution in [-0.2, 0) is 11.3 Å². The molecule has 0 aliphatic rings. The fraction of sp³-hybridized carbons (Fsp3) is 0.188. The summed E-state index contributed by atoms with van der Waals surface area (Å²) in [5.41, 5.74) is 4.23. The zero-order chi connectivity index (χ0) is 15.1. The molecular formula is C16H18N3O2+. The molecule has 0 saturated heterocycles. The largest absolute Gasteiger partial charge is 0.497 e. The summed E-state index contributed by atoms with van der Waals surface area (Å²) in [6.45, 7) is 2.08. The standard InChI is InChI=1S/C16H17N3O2/c1-13(14-6-8-15(21-2)9-7-14)17-18-16(20)12-19-10-4-3-5-11-19/h3-11H,12H2,1-2H3/p+1. The molecule has 1 heterocycles. The van der Waals surface area contributed by atoms with E-state index in [1.807, 2.05) is 61.8 Å². The number of carbonyl (C=O) groups excluding carboxylic acids is 1. The van der Waals surface area contributed by atoms with Crippen molar-refractivity contribution >= 4 is 11.6 Å². The minimum absolute atomic E-state index is 0.168. The molecule has 0 spiro atoms. The van der Waals surface area contributed by atoms with Crippen LogP contribution in [0.1, 0.15) is 12.5 Å². The Labute approximate surface area is 123 Å². The van der Waals surface area contributed by atoms with Gasteiger partial charge in [-0.3, -0.25) is 4.79 Å². The number of rotatable bonds is 5. The molecule has 2 aromatic rings. The fourth-order valence-electron chi connectivity index (χ4n) is 1.78. The lowest BCUT2D eigenvalue weighted by Crippen LogP contribution is -2.41. The first-order valence-electron chi connectivity index (χ1n) is 6.60. The topological polar surface area (TPSA) is 54.6 Å². The summed E-state index contributed by atoms with van der Waals surface area (Å²) in [4.78, 5) is 11.8. The van der Waals surface area contributed by atoms with Crippen molar-refractivity contribution in [1.29, 1.82) is 0 Å². The number of hydrogen-bond acceptors (Lipinski definition) is 3. The fourth-order valence-corrected chi connectivity index (χ4v) is 1.78. The summed E-state index contributed by atoms with van der Waals surface area (Å²) in [7, 11) is 1.62. The predicted molar refractivity (Wildman–Crippen MR) is 80.0 cm³/mol. The van der Waals surface area contributed by atoms with Crippen molar-refractivity contribution in [2.45, 2.75) is 13.5 Å². The van der Waals surface area contributed by atoms with E-state index in [1.165, 1.54) is 0 Å². The number of hydrogen-bond donors (Lipinski definition) is 1. The van der Waals surface area contributed by atoms with E-state index < -0.39 is 0 Å². The molecule has 108 valence electrons. The van der Waals surface area contributed by atoms with E-state index in [9.17, 15) is 4.79 Å². The molecular weight excluding hydrogens is 266 g/mol. The molecule has 0 bridgehead atoms. The first-order chi connectivity index (χ1) is 10.2. The van der Waals surface area contributed by atoms with E-state index >= 15 is 0 Å². The third-order valence-electron chi connectivity index (χ3n) is 2.96. The van der Waals surface area contributed by atoms with E-state index in [-0.39, 0.29) is 12.5 Å². The smallest absolute Gasteiger partial charge is 0.305 e. The van der Waals surface area contributed by atoms with Crippen molar-refractivity contribution < 1.29 is 14.1 Å². The van der Waals surface area contributed by atoms with Crippen molar-refractivity contribution in [1.82, 2.24) is 5.43 Å². The van der Waals surface area contributed by atoms with Crippen LogP contribution in [-0.4, -0.2) is 18.7 Å². The van der Waals surface area contributed by atoms with E-state index in [1.54, 1.807) is 11.7 Å². The summed E-state index contributed by atoms with van der Waals surface area (Å²) in [5, 5.41) is 4.11. The SMILES string of the molecule is COc1ccc(C(C)=NNC(=O)C[n+]2ccccc2)cc1. The minimum atomic E-state index is -0.168. The van der Waals surface area contributed by atoms with Crippen molar-refractivity contribution in [3.63, 3.8) is 0 Å². The van der Waals surface area contributed by atoms with Gasteiger partial charge in [-0.25, -0.2) is 5.43 Å². The number of carbonyl (C=O) groups is 1. The molecule has 5 nitrogen and oxygen atoms in total. The summed E-state index contributed by atoms with van der Waals surface area (Å²) in [5.74, 6) is 0.620. The Morgan fingerprint density at radius 2 is 1.86 bits per heavy atom. The second-order valence-corrected chi connectivity index (χ2v) is 4.51. The molecule has 1 amide bonds. The highest BCUT2D eigenvalue weighted by molar-refractivity contribution is 5.99. The van der Waals surface area contributed by atoms with E-state index in [4.69, 9.17) is 4.74 Å². The highest BCUT2D eigenvalue weighted by atomic mass is 16.5. The minimum Gasteiger partial charge on any atom is -0.497 e. The van der Waals surface area contributed by atoms with Gasteiger partial charge in [-0.15, -0.1) is 0 Å². The van der Waals surface area contributed by atoms with Crippen molar-refractivity contribution in [3.8, 4) is 5.75 Å². The Morgan fingerprint density at radius 3 is 2.48 bits per heavy atom. The number of benzene rings is 1. The molecule has 0 radical (unpaired) electrons. The van der Waals surface area contributed by atoms with Crippen LogP contribution in [0.15, 0.2) is 60.0 Å². The Bertz CT molecular complexity index is 622. The number of hydrazone groups is 1.